The van der Waals surface area contributed by atoms with Crippen molar-refractivity contribution < 1.29 is 9.30 Å². The number of hydrogen-bond acceptors (Lipinski definition) is 1. The van der Waals surface area contributed by atoms with Gasteiger partial charge in [-0.25, -0.2) is 0 Å². The summed E-state index contributed by atoms with van der Waals surface area (Å²) in [5.41, 5.74) is 9.19. The summed E-state index contributed by atoms with van der Waals surface area (Å²) >= 11 is 0. The van der Waals surface area contributed by atoms with Gasteiger partial charge >= 0.3 is 5.88 Å². The fourth-order valence-corrected chi connectivity index (χ4v) is 6.25. The van der Waals surface area contributed by atoms with Gasteiger partial charge in [0.15, 0.2) is 6.20 Å². The Kier molecular flexibility index (Phi) is 2.85. The topological polar surface area (TPSA) is 13.1 Å². The lowest BCUT2D eigenvalue weighted by Gasteiger charge is -2.48. The molecule has 2 heteroatoms. The van der Waals surface area contributed by atoms with Gasteiger partial charge in [0.05, 0.1) is 11.6 Å². The van der Waals surface area contributed by atoms with Gasteiger partial charge in [0.2, 0.25) is 0 Å². The molecule has 1 aromatic heterocycles. The minimum absolute atomic E-state index is 0.0946. The number of rotatable bonds is 0. The van der Waals surface area contributed by atoms with Gasteiger partial charge in [-0.05, 0) is 40.8 Å². The van der Waals surface area contributed by atoms with Crippen LogP contribution in [0.5, 0.6) is 11.6 Å². The van der Waals surface area contributed by atoms with Crippen LogP contribution < -0.4 is 9.30 Å². The van der Waals surface area contributed by atoms with Gasteiger partial charge in [-0.2, -0.15) is 0 Å². The van der Waals surface area contributed by atoms with Crippen molar-refractivity contribution in [2.24, 2.45) is 0 Å². The van der Waals surface area contributed by atoms with Crippen molar-refractivity contribution >= 4 is 0 Å². The second-order valence-electron chi connectivity index (χ2n) is 9.20. The Morgan fingerprint density at radius 3 is 2.30 bits per heavy atom. The highest BCUT2D eigenvalue weighted by Gasteiger charge is 2.62. The highest BCUT2D eigenvalue weighted by atomic mass is 16.5. The van der Waals surface area contributed by atoms with Gasteiger partial charge in [0.1, 0.15) is 5.75 Å². The zero-order chi connectivity index (χ0) is 20.1. The average molecular weight is 388 g/mol. The molecule has 3 aliphatic rings. The lowest BCUT2D eigenvalue weighted by atomic mass is 9.56. The van der Waals surface area contributed by atoms with E-state index in [0.29, 0.717) is 0 Å². The van der Waals surface area contributed by atoms with E-state index in [-0.39, 0.29) is 5.41 Å². The molecule has 0 radical (unpaired) electrons. The molecule has 0 bridgehead atoms. The van der Waals surface area contributed by atoms with Gasteiger partial charge in [-0.3, -0.25) is 0 Å². The molecule has 7 rings (SSSR count). The average Bonchev–Trinajstić information content (AvgIpc) is 2.77. The molecule has 1 spiro atoms. The molecule has 144 valence electrons. The Hall–Kier alpha value is -3.39. The maximum absolute atomic E-state index is 6.50. The van der Waals surface area contributed by atoms with Crippen LogP contribution in [0.4, 0.5) is 0 Å². The quantitative estimate of drug-likeness (QED) is 0.315. The van der Waals surface area contributed by atoms with Crippen LogP contribution in [0.3, 0.4) is 0 Å². The van der Waals surface area contributed by atoms with Crippen molar-refractivity contribution in [3.05, 3.63) is 124 Å². The lowest BCUT2D eigenvalue weighted by Crippen LogP contribution is -2.65. The molecule has 2 heterocycles. The molecule has 1 atom stereocenters. The number of benzene rings is 3. The van der Waals surface area contributed by atoms with Crippen molar-refractivity contribution in [3.8, 4) is 11.6 Å². The number of aromatic nitrogens is 1. The summed E-state index contributed by atoms with van der Waals surface area (Å²) in [6.07, 6.45) is 3.16. The first-order chi connectivity index (χ1) is 14.6. The van der Waals surface area contributed by atoms with Gasteiger partial charge in [0.25, 0.3) is 5.54 Å². The Bertz CT molecular complexity index is 1280. The number of fused-ring (bicyclic) bond motifs is 2. The zero-order valence-electron chi connectivity index (χ0n) is 17.1. The summed E-state index contributed by atoms with van der Waals surface area (Å²) in [5, 5.41) is 0. The van der Waals surface area contributed by atoms with Crippen LogP contribution in [0.25, 0.3) is 0 Å². The summed E-state index contributed by atoms with van der Waals surface area (Å²) in [5.74, 6) is 1.86. The molecule has 0 fully saturated rings. The summed E-state index contributed by atoms with van der Waals surface area (Å²) in [6, 6.07) is 28.7. The summed E-state index contributed by atoms with van der Waals surface area (Å²) < 4.78 is 8.87. The van der Waals surface area contributed by atoms with Crippen molar-refractivity contribution in [1.29, 1.82) is 0 Å². The van der Waals surface area contributed by atoms with E-state index in [1.165, 1.54) is 38.9 Å². The zero-order valence-corrected chi connectivity index (χ0v) is 17.1. The van der Waals surface area contributed by atoms with E-state index in [1.807, 2.05) is 0 Å². The monoisotopic (exact) mass is 388 g/mol. The minimum Gasteiger partial charge on any atom is -0.404 e. The third-order valence-electron chi connectivity index (χ3n) is 7.43. The molecule has 0 amide bonds. The van der Waals surface area contributed by atoms with E-state index < -0.39 is 5.54 Å². The largest absolute Gasteiger partial charge is 0.404 e. The summed E-state index contributed by atoms with van der Waals surface area (Å²) in [4.78, 5) is 0. The molecule has 4 aromatic rings. The van der Waals surface area contributed by atoms with Gasteiger partial charge < -0.3 is 4.74 Å². The molecule has 0 saturated heterocycles. The van der Waals surface area contributed by atoms with Gasteiger partial charge in [0, 0.05) is 22.6 Å². The first kappa shape index (κ1) is 16.4. The van der Waals surface area contributed by atoms with E-state index in [9.17, 15) is 0 Å². The van der Waals surface area contributed by atoms with Crippen LogP contribution in [0.2, 0.25) is 0 Å². The third kappa shape index (κ3) is 1.67. The number of hydrogen-bond donors (Lipinski definition) is 0. The minimum atomic E-state index is -0.406. The highest BCUT2D eigenvalue weighted by Crippen LogP contribution is 2.59. The van der Waals surface area contributed by atoms with Crippen LogP contribution in [0.1, 0.15) is 52.8 Å². The Balaban J connectivity index is 1.79. The number of nitrogens with zero attached hydrogens (tertiary/aromatic N) is 1. The second kappa shape index (κ2) is 5.20. The van der Waals surface area contributed by atoms with Crippen LogP contribution in [0.15, 0.2) is 85.1 Å². The molecule has 2 nitrogen and oxygen atoms in total. The third-order valence-corrected chi connectivity index (χ3v) is 7.43. The van der Waals surface area contributed by atoms with Gasteiger partial charge in [-0.1, -0.05) is 68.4 Å². The van der Waals surface area contributed by atoms with E-state index >= 15 is 0 Å². The number of pyridine rings is 1. The van der Waals surface area contributed by atoms with Crippen molar-refractivity contribution in [2.45, 2.75) is 31.2 Å². The maximum atomic E-state index is 6.50. The number of ether oxygens (including phenoxy) is 1. The first-order valence-corrected chi connectivity index (χ1v) is 10.7. The molecule has 3 aromatic carbocycles. The van der Waals surface area contributed by atoms with Crippen molar-refractivity contribution in [1.82, 2.24) is 0 Å². The Morgan fingerprint density at radius 1 is 0.700 bits per heavy atom. The van der Waals surface area contributed by atoms with Crippen LogP contribution in [0, 0.1) is 0 Å². The maximum Gasteiger partial charge on any atom is 0.374 e. The van der Waals surface area contributed by atoms with Gasteiger partial charge in [-0.15, -0.1) is 4.57 Å². The second-order valence-corrected chi connectivity index (χ2v) is 9.20. The smallest absolute Gasteiger partial charge is 0.374 e. The van der Waals surface area contributed by atoms with E-state index in [1.54, 1.807) is 0 Å². The van der Waals surface area contributed by atoms with Crippen molar-refractivity contribution in [3.63, 3.8) is 0 Å². The predicted molar refractivity (Wildman–Crippen MR) is 116 cm³/mol. The molecule has 0 N–H and O–H groups in total. The van der Waals surface area contributed by atoms with Crippen LogP contribution >= 0.6 is 0 Å². The van der Waals surface area contributed by atoms with Crippen LogP contribution in [-0.2, 0) is 17.4 Å². The first-order valence-electron chi connectivity index (χ1n) is 10.7. The van der Waals surface area contributed by atoms with E-state index in [2.05, 4.69) is 103 Å². The van der Waals surface area contributed by atoms with E-state index in [0.717, 1.165) is 18.1 Å². The molecule has 1 unspecified atom stereocenters. The van der Waals surface area contributed by atoms with Crippen LogP contribution in [-0.4, -0.2) is 0 Å². The highest BCUT2D eigenvalue weighted by molar-refractivity contribution is 5.71. The molecule has 0 saturated carbocycles. The lowest BCUT2D eigenvalue weighted by molar-refractivity contribution is -0.741. The Morgan fingerprint density at radius 2 is 1.40 bits per heavy atom. The molecular weight excluding hydrogens is 366 g/mol. The predicted octanol–water partition coefficient (Wildman–Crippen LogP) is 5.46. The van der Waals surface area contributed by atoms with E-state index in [4.69, 9.17) is 4.74 Å². The molecule has 1 aliphatic heterocycles. The molecule has 2 aliphatic carbocycles. The standard InChI is InChI=1S/C28H22NO/c1-27(2)21-12-7-10-19-17-18-9-3-4-11-20(18)28(25(19)21)26-22(27)13-8-14-23(26)30-24-15-5-6-16-29(24)28/h3-16H,17H2,1-2H3/q+1. The SMILES string of the molecule is CC1(C)c2cccc3c2C2(c4ccccc4C3)c3c(cccc31)Oc1cccc[n+]12. The van der Waals surface area contributed by atoms with Crippen molar-refractivity contribution in [2.75, 3.05) is 0 Å². The Labute approximate surface area is 176 Å². The summed E-state index contributed by atoms with van der Waals surface area (Å²) in [7, 11) is 0. The summed E-state index contributed by atoms with van der Waals surface area (Å²) in [6.45, 7) is 4.71. The normalized spacial score (nSPS) is 20.9. The molecular formula is C28H22NO+. The molecule has 30 heavy (non-hydrogen) atoms. The fourth-order valence-electron chi connectivity index (χ4n) is 6.25. The fraction of sp³-hybridized carbons (Fsp3) is 0.179.